The van der Waals surface area contributed by atoms with Crippen molar-refractivity contribution in [3.8, 4) is 22.8 Å². The first-order valence-electron chi connectivity index (χ1n) is 41.0. The van der Waals surface area contributed by atoms with Gasteiger partial charge in [-0.1, -0.05) is 167 Å². The van der Waals surface area contributed by atoms with E-state index in [4.69, 9.17) is 9.15 Å². The van der Waals surface area contributed by atoms with E-state index in [0.29, 0.717) is 16.2 Å². The Kier molecular flexibility index (Phi) is 38.7. The predicted octanol–water partition coefficient (Wildman–Crippen LogP) is 6.80. The number of ether oxygens (including phenoxy) is 1. The molecule has 0 bridgehead atoms. The number of likely N-dealkylation sites (N-methyl/N-ethyl adjacent to an activating group) is 7. The minimum absolute atomic E-state index is 0.0110. The average Bonchev–Trinajstić information content (AvgIpc) is 0.754. The smallest absolute Gasteiger partial charge is 0.354 e. The number of unbranched alkanes of at least 4 members (excludes halogenated alkanes) is 1. The molecule has 30 nitrogen and oxygen atoms in total. The van der Waals surface area contributed by atoms with E-state index < -0.39 is 185 Å². The van der Waals surface area contributed by atoms with Crippen molar-refractivity contribution in [1.82, 2.24) is 60.9 Å². The fraction of sp³-hybridized carbons (Fsp3) is 0.663. The number of nitrogens with zero attached hydrogens (tertiary/aromatic N) is 7. The molecule has 1 aliphatic heterocycles. The quantitative estimate of drug-likeness (QED) is 0.0404. The minimum atomic E-state index is -1.68. The van der Waals surface area contributed by atoms with Gasteiger partial charge in [0.25, 0.3) is 5.91 Å². The van der Waals surface area contributed by atoms with Crippen LogP contribution in [-0.4, -0.2) is 262 Å². The Morgan fingerprint density at radius 1 is 0.538 bits per heavy atom. The van der Waals surface area contributed by atoms with Gasteiger partial charge in [-0.2, -0.15) is 0 Å². The molecule has 8 N–H and O–H groups in total. The average molecular weight is 1660 g/mol. The van der Waals surface area contributed by atoms with Crippen LogP contribution in [0.25, 0.3) is 11.3 Å². The van der Waals surface area contributed by atoms with Crippen LogP contribution >= 0.6 is 11.8 Å². The zero-order valence-corrected chi connectivity index (χ0v) is 74.8. The Balaban J connectivity index is 1.83. The molecule has 0 saturated carbocycles. The SMILES string of the molecule is CC[C@@H]1NC(=O)[C@H]([C@H](O)C(C)C)N(C)C(=O)[C@H](C(C)C)N(C)C(=O)[C@H](CC(C)C)N(C)C(=O)[C@H](CC(C)C)N(C)C(=O)[C@@H](C)NC(=O)[C@H](CCCCNC(=O)COc2ccc(Sc3c(O)cc(-c4ccccc4)oc3=O)c(C(C)(C)C)c2)NC(=O)[C@H](CC(C)C)N(C)C(=O)[C@H](C(C)C)NC(=O)[C@H](CC(C)C)N(C)C(=O)[C@@H](CO)N(C)C1=O. The first kappa shape index (κ1) is 100. The number of aliphatic hydroxyl groups is 2. The van der Waals surface area contributed by atoms with Crippen molar-refractivity contribution in [2.24, 2.45) is 41.4 Å². The number of hydrogen-bond donors (Lipinski definition) is 8. The van der Waals surface area contributed by atoms with Crippen molar-refractivity contribution in [3.63, 3.8) is 0 Å². The molecule has 654 valence electrons. The molecule has 12 amide bonds. The Hall–Kier alpha value is -9.10. The van der Waals surface area contributed by atoms with E-state index in [-0.39, 0.29) is 98.0 Å². The molecule has 31 heteroatoms. The van der Waals surface area contributed by atoms with Crippen LogP contribution in [0.2, 0.25) is 0 Å². The largest absolute Gasteiger partial charge is 0.506 e. The van der Waals surface area contributed by atoms with Gasteiger partial charge in [-0.25, -0.2) is 4.79 Å². The Morgan fingerprint density at radius 2 is 1.02 bits per heavy atom. The van der Waals surface area contributed by atoms with E-state index in [0.717, 1.165) is 32.0 Å². The minimum Gasteiger partial charge on any atom is -0.506 e. The van der Waals surface area contributed by atoms with E-state index in [1.165, 1.54) is 81.9 Å². The van der Waals surface area contributed by atoms with Crippen LogP contribution in [0.1, 0.15) is 188 Å². The molecule has 1 aliphatic rings. The van der Waals surface area contributed by atoms with Gasteiger partial charge in [0.15, 0.2) is 6.61 Å². The number of aromatic hydroxyl groups is 1. The maximum Gasteiger partial charge on any atom is 0.354 e. The molecule has 0 radical (unpaired) electrons. The number of carbonyl (C=O) groups excluding carboxylic acids is 12. The molecule has 2 heterocycles. The third-order valence-electron chi connectivity index (χ3n) is 21.3. The normalized spacial score (nSPS) is 23.1. The van der Waals surface area contributed by atoms with Gasteiger partial charge in [0.2, 0.25) is 65.0 Å². The van der Waals surface area contributed by atoms with E-state index in [9.17, 15) is 48.9 Å². The third-order valence-corrected chi connectivity index (χ3v) is 22.5. The van der Waals surface area contributed by atoms with Crippen molar-refractivity contribution < 1.29 is 82.0 Å². The second-order valence-corrected chi connectivity index (χ2v) is 36.0. The highest BCUT2D eigenvalue weighted by Gasteiger charge is 2.47. The first-order valence-corrected chi connectivity index (χ1v) is 41.8. The molecule has 12 atom stereocenters. The van der Waals surface area contributed by atoms with Crippen LogP contribution < -0.4 is 36.9 Å². The summed E-state index contributed by atoms with van der Waals surface area (Å²) in [6.45, 7) is 32.2. The zero-order valence-electron chi connectivity index (χ0n) is 73.9. The third kappa shape index (κ3) is 27.5. The fourth-order valence-corrected chi connectivity index (χ4v) is 15.4. The monoisotopic (exact) mass is 1660 g/mol. The van der Waals surface area contributed by atoms with Gasteiger partial charge >= 0.3 is 5.63 Å². The van der Waals surface area contributed by atoms with E-state index >= 15 is 28.8 Å². The summed E-state index contributed by atoms with van der Waals surface area (Å²) in [5.41, 5.74) is 0.133. The number of benzene rings is 2. The number of hydrogen-bond acceptors (Lipinski definition) is 19. The van der Waals surface area contributed by atoms with Crippen LogP contribution in [0, 0.1) is 41.4 Å². The molecule has 1 saturated heterocycles. The number of amides is 12. The molecular weight excluding hydrogens is 1520 g/mol. The molecule has 1 fully saturated rings. The van der Waals surface area contributed by atoms with Gasteiger partial charge in [-0.3, -0.25) is 57.5 Å². The van der Waals surface area contributed by atoms with E-state index in [2.05, 4.69) is 26.6 Å². The summed E-state index contributed by atoms with van der Waals surface area (Å²) >= 11 is 1.04. The Bertz CT molecular complexity index is 3960. The van der Waals surface area contributed by atoms with Crippen molar-refractivity contribution >= 4 is 82.6 Å². The lowest BCUT2D eigenvalue weighted by Gasteiger charge is -2.41. The van der Waals surface area contributed by atoms with Gasteiger partial charge in [0.05, 0.1) is 12.7 Å². The maximum absolute atomic E-state index is 15.3. The maximum atomic E-state index is 15.3. The summed E-state index contributed by atoms with van der Waals surface area (Å²) in [5, 5.41) is 48.0. The summed E-state index contributed by atoms with van der Waals surface area (Å²) in [6.07, 6.45) is -1.05. The number of aliphatic hydroxyl groups excluding tert-OH is 2. The lowest BCUT2D eigenvalue weighted by atomic mass is 9.87. The molecule has 0 unspecified atom stereocenters. The predicted molar refractivity (Wildman–Crippen MR) is 449 cm³/mol. The fourth-order valence-electron chi connectivity index (χ4n) is 14.3. The molecule has 2 aromatic carbocycles. The van der Waals surface area contributed by atoms with Gasteiger partial charge in [-0.05, 0) is 129 Å². The molecule has 0 spiro atoms. The molecule has 0 aliphatic carbocycles. The van der Waals surface area contributed by atoms with Crippen molar-refractivity contribution in [2.75, 3.05) is 69.1 Å². The number of nitrogens with one attached hydrogen (secondary N) is 5. The van der Waals surface area contributed by atoms with Crippen LogP contribution in [0.5, 0.6) is 11.5 Å². The zero-order chi connectivity index (χ0) is 88.9. The standard InChI is InChI=1S/C86H136N12O18S/c1-27-58-79(108)96(24)64(45-99)82(111)92(20)61(40-48(4)5)76(105)91-69(51(10)11)83(112)93(21)60(39-47(2)3)75(104)90-59(35-31-32-38-87-68(101)46-115-56-36-37-67(57(43-56)86(17,18)19)117-73-65(100)44-66(116-85(73)114)55-33-29-28-30-34-55)74(103)88-54(16)78(107)94(22)62(41-49(6)7)80(109)95(23)63(42-50(8)9)81(110)97(25)70(52(12)13)84(113)98(26)71(77(106)89-58)72(102)53(14)15/h28-30,33-34,36-37,43-44,47-54,58-64,69-72,99-100,102H,27,31-32,35,38-42,45-46H2,1-26H3,(H,87,101)(H,88,103)(H,89,106)(H,90,104)(H,91,105)/t54-,58+,59+,60+,61+,62+,63+,64-,69+,70+,71+,72-/m1/s1. The van der Waals surface area contributed by atoms with E-state index in [1.54, 1.807) is 105 Å². The summed E-state index contributed by atoms with van der Waals surface area (Å²) in [6, 6.07) is 0.139. The summed E-state index contributed by atoms with van der Waals surface area (Å²) in [5.74, 6) is -11.7. The molecule has 117 heavy (non-hydrogen) atoms. The highest BCUT2D eigenvalue weighted by molar-refractivity contribution is 7.99. The molecule has 3 aromatic rings. The van der Waals surface area contributed by atoms with Crippen LogP contribution in [0.3, 0.4) is 0 Å². The van der Waals surface area contributed by atoms with Gasteiger partial charge in [0, 0.05) is 72.4 Å². The molecule has 1 aromatic heterocycles. The molecular formula is C86H136N12O18S. The van der Waals surface area contributed by atoms with Crippen LogP contribution in [-0.2, 0) is 62.9 Å². The van der Waals surface area contributed by atoms with Crippen LogP contribution in [0.15, 0.2) is 73.6 Å². The summed E-state index contributed by atoms with van der Waals surface area (Å²) in [7, 11) is 9.50. The topological polar surface area (TPSA) is 388 Å². The number of rotatable bonds is 25. The highest BCUT2D eigenvalue weighted by atomic mass is 32.2. The highest BCUT2D eigenvalue weighted by Crippen LogP contribution is 2.41. The summed E-state index contributed by atoms with van der Waals surface area (Å²) in [4.78, 5) is 201. The van der Waals surface area contributed by atoms with Gasteiger partial charge in [-0.15, -0.1) is 0 Å². The van der Waals surface area contributed by atoms with Gasteiger partial charge in [0.1, 0.15) is 88.6 Å². The second kappa shape index (κ2) is 45.2. The Labute approximate surface area is 696 Å². The van der Waals surface area contributed by atoms with Crippen molar-refractivity contribution in [3.05, 3.63) is 70.6 Å². The van der Waals surface area contributed by atoms with Crippen LogP contribution in [0.4, 0.5) is 0 Å². The second-order valence-electron chi connectivity index (χ2n) is 34.9. The first-order chi connectivity index (χ1) is 54.4. The number of carbonyl (C=O) groups is 12. The molecule has 4 rings (SSSR count). The van der Waals surface area contributed by atoms with Crippen molar-refractivity contribution in [2.45, 2.75) is 271 Å². The lowest BCUT2D eigenvalue weighted by molar-refractivity contribution is -0.157. The van der Waals surface area contributed by atoms with Crippen molar-refractivity contribution in [1.29, 1.82) is 0 Å². The summed E-state index contributed by atoms with van der Waals surface area (Å²) < 4.78 is 11.6. The van der Waals surface area contributed by atoms with Gasteiger partial charge < -0.3 is 85.4 Å². The Morgan fingerprint density at radius 3 is 1.51 bits per heavy atom. The van der Waals surface area contributed by atoms with E-state index in [1.807, 2.05) is 68.4 Å². The lowest BCUT2D eigenvalue weighted by Crippen LogP contribution is -2.64.